The standard InChI is InChI=1S/C21H21NO4/c1-14-5-6-17(12-15(14)2)21(25)26-13-19(23)16-7-9-18(10-8-16)22-11-3-4-20(22)24/h5-10,12H,3-4,11,13H2,1-2H3. The third kappa shape index (κ3) is 3.82. The van der Waals surface area contributed by atoms with Gasteiger partial charge in [-0.15, -0.1) is 0 Å². The van der Waals surface area contributed by atoms with Crippen molar-refractivity contribution in [3.05, 3.63) is 64.7 Å². The zero-order valence-electron chi connectivity index (χ0n) is 15.0. The number of aryl methyl sites for hydroxylation is 2. The Labute approximate surface area is 152 Å². The molecule has 0 atom stereocenters. The Morgan fingerprint density at radius 3 is 2.31 bits per heavy atom. The van der Waals surface area contributed by atoms with E-state index in [0.29, 0.717) is 24.1 Å². The van der Waals surface area contributed by atoms with E-state index in [2.05, 4.69) is 0 Å². The number of ketones is 1. The normalized spacial score (nSPS) is 13.8. The predicted octanol–water partition coefficient (Wildman–Crippen LogP) is 3.47. The van der Waals surface area contributed by atoms with E-state index in [1.807, 2.05) is 19.9 Å². The second-order valence-corrected chi connectivity index (χ2v) is 6.49. The lowest BCUT2D eigenvalue weighted by molar-refractivity contribution is -0.117. The van der Waals surface area contributed by atoms with Crippen molar-refractivity contribution in [1.29, 1.82) is 0 Å². The van der Waals surface area contributed by atoms with Crippen molar-refractivity contribution in [1.82, 2.24) is 0 Å². The molecule has 26 heavy (non-hydrogen) atoms. The van der Waals surface area contributed by atoms with Crippen molar-refractivity contribution in [3.8, 4) is 0 Å². The fourth-order valence-electron chi connectivity index (χ4n) is 2.91. The topological polar surface area (TPSA) is 63.7 Å². The molecular weight excluding hydrogens is 330 g/mol. The Hall–Kier alpha value is -2.95. The van der Waals surface area contributed by atoms with Crippen LogP contribution in [-0.4, -0.2) is 30.8 Å². The average Bonchev–Trinajstić information content (AvgIpc) is 3.07. The second kappa shape index (κ2) is 7.52. The van der Waals surface area contributed by atoms with Crippen LogP contribution in [0.4, 0.5) is 5.69 Å². The predicted molar refractivity (Wildman–Crippen MR) is 98.6 cm³/mol. The first-order valence-corrected chi connectivity index (χ1v) is 8.64. The van der Waals surface area contributed by atoms with Gasteiger partial charge in [-0.3, -0.25) is 9.59 Å². The van der Waals surface area contributed by atoms with Gasteiger partial charge in [0, 0.05) is 24.2 Å². The molecule has 5 heteroatoms. The summed E-state index contributed by atoms with van der Waals surface area (Å²) in [6, 6.07) is 12.1. The molecule has 1 saturated heterocycles. The fraction of sp³-hybridized carbons (Fsp3) is 0.286. The van der Waals surface area contributed by atoms with E-state index in [1.165, 1.54) is 0 Å². The molecule has 0 unspecified atom stereocenters. The number of hydrogen-bond donors (Lipinski definition) is 0. The van der Waals surface area contributed by atoms with E-state index in [-0.39, 0.29) is 18.3 Å². The van der Waals surface area contributed by atoms with Gasteiger partial charge in [0.25, 0.3) is 0 Å². The van der Waals surface area contributed by atoms with E-state index in [0.717, 1.165) is 23.2 Å². The molecule has 0 N–H and O–H groups in total. The number of anilines is 1. The van der Waals surface area contributed by atoms with Crippen LogP contribution in [0.25, 0.3) is 0 Å². The molecule has 1 aliphatic heterocycles. The molecule has 1 heterocycles. The number of hydrogen-bond acceptors (Lipinski definition) is 4. The zero-order chi connectivity index (χ0) is 18.7. The molecule has 3 rings (SSSR count). The highest BCUT2D eigenvalue weighted by Crippen LogP contribution is 2.21. The van der Waals surface area contributed by atoms with Gasteiger partial charge in [0.1, 0.15) is 0 Å². The summed E-state index contributed by atoms with van der Waals surface area (Å²) in [6.45, 7) is 4.28. The molecule has 0 aromatic heterocycles. The van der Waals surface area contributed by atoms with Crippen LogP contribution in [0.3, 0.4) is 0 Å². The number of amides is 1. The van der Waals surface area contributed by atoms with E-state index in [9.17, 15) is 14.4 Å². The molecule has 134 valence electrons. The van der Waals surface area contributed by atoms with E-state index < -0.39 is 5.97 Å². The van der Waals surface area contributed by atoms with Gasteiger partial charge in [0.05, 0.1) is 5.56 Å². The highest BCUT2D eigenvalue weighted by atomic mass is 16.5. The lowest BCUT2D eigenvalue weighted by atomic mass is 10.1. The first kappa shape index (κ1) is 17.9. The first-order chi connectivity index (χ1) is 12.5. The van der Waals surface area contributed by atoms with Crippen LogP contribution < -0.4 is 4.90 Å². The first-order valence-electron chi connectivity index (χ1n) is 8.64. The van der Waals surface area contributed by atoms with Gasteiger partial charge in [-0.1, -0.05) is 6.07 Å². The number of benzene rings is 2. The third-order valence-electron chi connectivity index (χ3n) is 4.65. The SMILES string of the molecule is Cc1ccc(C(=O)OCC(=O)c2ccc(N3CCCC3=O)cc2)cc1C. The van der Waals surface area contributed by atoms with Crippen LogP contribution in [0.15, 0.2) is 42.5 Å². The molecule has 0 saturated carbocycles. The quantitative estimate of drug-likeness (QED) is 0.611. The lowest BCUT2D eigenvalue weighted by Crippen LogP contribution is -2.23. The minimum Gasteiger partial charge on any atom is -0.454 e. The molecule has 0 spiro atoms. The van der Waals surface area contributed by atoms with Crippen molar-refractivity contribution < 1.29 is 19.1 Å². The molecular formula is C21H21NO4. The Morgan fingerprint density at radius 2 is 1.69 bits per heavy atom. The van der Waals surface area contributed by atoms with Crippen LogP contribution in [0.1, 0.15) is 44.7 Å². The highest BCUT2D eigenvalue weighted by Gasteiger charge is 2.21. The van der Waals surface area contributed by atoms with Crippen LogP contribution in [0.5, 0.6) is 0 Å². The molecule has 5 nitrogen and oxygen atoms in total. The number of carbonyl (C=O) groups is 3. The largest absolute Gasteiger partial charge is 0.454 e. The average molecular weight is 351 g/mol. The van der Waals surface area contributed by atoms with Crippen LogP contribution >= 0.6 is 0 Å². The third-order valence-corrected chi connectivity index (χ3v) is 4.65. The molecule has 0 radical (unpaired) electrons. The summed E-state index contributed by atoms with van der Waals surface area (Å²) in [7, 11) is 0. The van der Waals surface area contributed by atoms with Gasteiger partial charge >= 0.3 is 5.97 Å². The van der Waals surface area contributed by atoms with Gasteiger partial charge in [-0.25, -0.2) is 4.79 Å². The number of esters is 1. The highest BCUT2D eigenvalue weighted by molar-refractivity contribution is 6.00. The number of rotatable bonds is 5. The van der Waals surface area contributed by atoms with Crippen molar-refractivity contribution in [2.24, 2.45) is 0 Å². The van der Waals surface area contributed by atoms with E-state index in [4.69, 9.17) is 4.74 Å². The van der Waals surface area contributed by atoms with Gasteiger partial charge < -0.3 is 9.64 Å². The Kier molecular flexibility index (Phi) is 5.16. The Bertz CT molecular complexity index is 855. The summed E-state index contributed by atoms with van der Waals surface area (Å²) < 4.78 is 5.13. The summed E-state index contributed by atoms with van der Waals surface area (Å²) in [6.07, 6.45) is 1.42. The molecule has 0 aliphatic carbocycles. The van der Waals surface area contributed by atoms with Gasteiger partial charge in [0.2, 0.25) is 5.91 Å². The molecule has 2 aromatic rings. The fourth-order valence-corrected chi connectivity index (χ4v) is 2.91. The number of Topliss-reactive ketones (excluding diaryl/α,β-unsaturated/α-hetero) is 1. The summed E-state index contributed by atoms with van der Waals surface area (Å²) in [5.41, 5.74) is 3.76. The summed E-state index contributed by atoms with van der Waals surface area (Å²) in [5.74, 6) is -0.686. The monoisotopic (exact) mass is 351 g/mol. The molecule has 1 aliphatic rings. The van der Waals surface area contributed by atoms with Crippen molar-refractivity contribution in [2.75, 3.05) is 18.1 Å². The Balaban J connectivity index is 1.60. The second-order valence-electron chi connectivity index (χ2n) is 6.49. The maximum absolute atomic E-state index is 12.2. The molecule has 0 bridgehead atoms. The zero-order valence-corrected chi connectivity index (χ0v) is 15.0. The number of ether oxygens (including phenoxy) is 1. The minimum absolute atomic E-state index is 0.103. The lowest BCUT2D eigenvalue weighted by Gasteiger charge is -2.15. The number of nitrogens with zero attached hydrogens (tertiary/aromatic N) is 1. The van der Waals surface area contributed by atoms with Crippen molar-refractivity contribution in [2.45, 2.75) is 26.7 Å². The van der Waals surface area contributed by atoms with E-state index in [1.54, 1.807) is 41.3 Å². The maximum Gasteiger partial charge on any atom is 0.338 e. The van der Waals surface area contributed by atoms with Crippen LogP contribution in [-0.2, 0) is 9.53 Å². The van der Waals surface area contributed by atoms with Gasteiger partial charge in [-0.05, 0) is 67.8 Å². The summed E-state index contributed by atoms with van der Waals surface area (Å²) in [4.78, 5) is 37.8. The molecule has 1 fully saturated rings. The van der Waals surface area contributed by atoms with E-state index >= 15 is 0 Å². The molecule has 1 amide bonds. The molecule has 2 aromatic carbocycles. The smallest absolute Gasteiger partial charge is 0.338 e. The maximum atomic E-state index is 12.2. The minimum atomic E-state index is -0.513. The number of carbonyl (C=O) groups excluding carboxylic acids is 3. The van der Waals surface area contributed by atoms with Gasteiger partial charge in [0.15, 0.2) is 12.4 Å². The van der Waals surface area contributed by atoms with Gasteiger partial charge in [-0.2, -0.15) is 0 Å². The Morgan fingerprint density at radius 1 is 1.00 bits per heavy atom. The summed E-state index contributed by atoms with van der Waals surface area (Å²) in [5, 5.41) is 0. The summed E-state index contributed by atoms with van der Waals surface area (Å²) >= 11 is 0. The van der Waals surface area contributed by atoms with Crippen LogP contribution in [0, 0.1) is 13.8 Å². The van der Waals surface area contributed by atoms with Crippen molar-refractivity contribution >= 4 is 23.3 Å². The van der Waals surface area contributed by atoms with Crippen molar-refractivity contribution in [3.63, 3.8) is 0 Å². The van der Waals surface area contributed by atoms with Crippen LogP contribution in [0.2, 0.25) is 0 Å².